The Morgan fingerprint density at radius 1 is 1.11 bits per heavy atom. The summed E-state index contributed by atoms with van der Waals surface area (Å²) in [5.41, 5.74) is 1.61. The molecule has 10 nitrogen and oxygen atoms in total. The van der Waals surface area contributed by atoms with E-state index in [-0.39, 0.29) is 29.9 Å². The molecule has 0 saturated heterocycles. The highest BCUT2D eigenvalue weighted by atomic mass is 32.2. The Bertz CT molecular complexity index is 1570. The van der Waals surface area contributed by atoms with Crippen LogP contribution in [-0.4, -0.2) is 42.6 Å². The third-order valence-corrected chi connectivity index (χ3v) is 6.43. The third-order valence-electron chi connectivity index (χ3n) is 5.03. The van der Waals surface area contributed by atoms with Crippen LogP contribution in [0.25, 0.3) is 16.8 Å². The maximum atomic E-state index is 14.1. The molecule has 4 rings (SSSR count). The second-order valence-corrected chi connectivity index (χ2v) is 10.0. The van der Waals surface area contributed by atoms with Crippen LogP contribution in [0.15, 0.2) is 59.9 Å². The maximum Gasteiger partial charge on any atom is 0.412 e. The molecule has 1 amide bonds. The van der Waals surface area contributed by atoms with Crippen molar-refractivity contribution in [2.24, 2.45) is 5.92 Å². The molecule has 4 aromatic rings. The van der Waals surface area contributed by atoms with Crippen LogP contribution >= 0.6 is 0 Å². The molecule has 0 unspecified atom stereocenters. The molecule has 0 aliphatic carbocycles. The molecule has 194 valence electrons. The lowest BCUT2D eigenvalue weighted by Gasteiger charge is -2.13. The van der Waals surface area contributed by atoms with E-state index < -0.39 is 32.6 Å². The molecule has 13 heteroatoms. The van der Waals surface area contributed by atoms with Crippen molar-refractivity contribution in [3.8, 4) is 17.0 Å². The molecule has 3 aromatic heterocycles. The summed E-state index contributed by atoms with van der Waals surface area (Å²) in [6.45, 7) is 4.12. The summed E-state index contributed by atoms with van der Waals surface area (Å²) in [4.78, 5) is 19.7. The van der Waals surface area contributed by atoms with E-state index >= 15 is 0 Å². The molecule has 3 heterocycles. The number of methoxy groups -OCH3 is 1. The number of amides is 1. The number of nitrogens with zero attached hydrogens (tertiary/aromatic N) is 3. The van der Waals surface area contributed by atoms with Crippen molar-refractivity contribution < 1.29 is 31.5 Å². The van der Waals surface area contributed by atoms with Crippen LogP contribution in [-0.2, 0) is 14.8 Å². The zero-order chi connectivity index (χ0) is 26.7. The van der Waals surface area contributed by atoms with E-state index in [1.165, 1.54) is 19.4 Å². The van der Waals surface area contributed by atoms with Crippen molar-refractivity contribution in [3.05, 3.63) is 66.6 Å². The maximum absolute atomic E-state index is 14.1. The summed E-state index contributed by atoms with van der Waals surface area (Å²) in [7, 11) is -3.12. The van der Waals surface area contributed by atoms with Crippen LogP contribution in [0.3, 0.4) is 0 Å². The standard InChI is InChI=1S/C24H23F2N5O5S/c1-14(2)13-36-24(32)29-21-12-31-11-15(4-7-22(31)28-21)16-8-19(23(35-3)27-10-16)30-37(33,34)20-6-5-17(25)9-18(20)26/h4-12,14,30H,13H2,1-3H3,(H,29,32). The van der Waals surface area contributed by atoms with Crippen molar-refractivity contribution in [1.29, 1.82) is 0 Å². The van der Waals surface area contributed by atoms with Crippen molar-refractivity contribution in [1.82, 2.24) is 14.4 Å². The molecule has 0 saturated carbocycles. The normalized spacial score (nSPS) is 11.5. The third kappa shape index (κ3) is 5.94. The zero-order valence-corrected chi connectivity index (χ0v) is 20.8. The number of hydrogen-bond donors (Lipinski definition) is 2. The quantitative estimate of drug-likeness (QED) is 0.338. The molecule has 0 fully saturated rings. The molecule has 37 heavy (non-hydrogen) atoms. The minimum absolute atomic E-state index is 0.0510. The fourth-order valence-electron chi connectivity index (χ4n) is 3.34. The molecule has 0 bridgehead atoms. The molecule has 0 radical (unpaired) electrons. The van der Waals surface area contributed by atoms with Crippen molar-refractivity contribution in [3.63, 3.8) is 0 Å². The number of halogens is 2. The number of anilines is 2. The van der Waals surface area contributed by atoms with Crippen LogP contribution in [0.5, 0.6) is 5.88 Å². The molecule has 0 aliphatic rings. The fraction of sp³-hybridized carbons (Fsp3) is 0.208. The van der Waals surface area contributed by atoms with Crippen molar-refractivity contribution in [2.75, 3.05) is 23.8 Å². The number of carbonyl (C=O) groups excluding carboxylic acids is 1. The first-order valence-corrected chi connectivity index (χ1v) is 12.5. The number of aromatic nitrogens is 3. The highest BCUT2D eigenvalue weighted by molar-refractivity contribution is 7.92. The Kier molecular flexibility index (Phi) is 7.25. The molecular weight excluding hydrogens is 508 g/mol. The average molecular weight is 532 g/mol. The van der Waals surface area contributed by atoms with E-state index in [9.17, 15) is 22.0 Å². The van der Waals surface area contributed by atoms with Gasteiger partial charge in [-0.2, -0.15) is 0 Å². The number of hydrogen-bond acceptors (Lipinski definition) is 7. The van der Waals surface area contributed by atoms with Gasteiger partial charge in [0.15, 0.2) is 5.82 Å². The predicted octanol–water partition coefficient (Wildman–Crippen LogP) is 4.69. The minimum atomic E-state index is -4.42. The number of ether oxygens (including phenoxy) is 2. The highest BCUT2D eigenvalue weighted by Crippen LogP contribution is 2.31. The molecular formula is C24H23F2N5O5S. The lowest BCUT2D eigenvalue weighted by Crippen LogP contribution is -2.16. The smallest absolute Gasteiger partial charge is 0.412 e. The molecule has 2 N–H and O–H groups in total. The number of carbonyl (C=O) groups is 1. The molecule has 0 aliphatic heterocycles. The number of nitrogens with one attached hydrogen (secondary N) is 2. The van der Waals surface area contributed by atoms with Crippen LogP contribution < -0.4 is 14.8 Å². The average Bonchev–Trinajstić information content (AvgIpc) is 3.23. The van der Waals surface area contributed by atoms with Gasteiger partial charge in [-0.05, 0) is 36.2 Å². The van der Waals surface area contributed by atoms with Crippen LogP contribution in [0.1, 0.15) is 13.8 Å². The van der Waals surface area contributed by atoms with Gasteiger partial charge in [0.2, 0.25) is 5.88 Å². The summed E-state index contributed by atoms with van der Waals surface area (Å²) in [6, 6.07) is 7.04. The Balaban J connectivity index is 1.62. The largest absolute Gasteiger partial charge is 0.480 e. The number of benzene rings is 1. The van der Waals surface area contributed by atoms with Gasteiger partial charge in [-0.3, -0.25) is 10.0 Å². The molecule has 0 spiro atoms. The van der Waals surface area contributed by atoms with Gasteiger partial charge in [-0.15, -0.1) is 0 Å². The van der Waals surface area contributed by atoms with E-state index in [1.54, 1.807) is 28.9 Å². The highest BCUT2D eigenvalue weighted by Gasteiger charge is 2.22. The van der Waals surface area contributed by atoms with E-state index in [4.69, 9.17) is 9.47 Å². The van der Waals surface area contributed by atoms with Crippen LogP contribution in [0.4, 0.5) is 25.1 Å². The first-order valence-electron chi connectivity index (χ1n) is 11.0. The fourth-order valence-corrected chi connectivity index (χ4v) is 4.45. The van der Waals surface area contributed by atoms with Gasteiger partial charge in [0.05, 0.1) is 19.9 Å². The Labute approximate surface area is 211 Å². The van der Waals surface area contributed by atoms with Crippen molar-refractivity contribution in [2.45, 2.75) is 18.7 Å². The van der Waals surface area contributed by atoms with E-state index in [2.05, 4.69) is 20.0 Å². The lowest BCUT2D eigenvalue weighted by atomic mass is 10.1. The first-order chi connectivity index (χ1) is 17.6. The van der Waals surface area contributed by atoms with Crippen molar-refractivity contribution >= 4 is 33.3 Å². The SMILES string of the molecule is COc1ncc(-c2ccc3nc(NC(=O)OCC(C)C)cn3c2)cc1NS(=O)(=O)c1ccc(F)cc1F. The second kappa shape index (κ2) is 10.4. The van der Waals surface area contributed by atoms with Gasteiger partial charge in [0.1, 0.15) is 27.9 Å². The first kappa shape index (κ1) is 25.8. The second-order valence-electron chi connectivity index (χ2n) is 8.39. The van der Waals surface area contributed by atoms with Crippen LogP contribution in [0, 0.1) is 17.6 Å². The lowest BCUT2D eigenvalue weighted by molar-refractivity contribution is 0.147. The Hall–Kier alpha value is -4.26. The Morgan fingerprint density at radius 3 is 2.59 bits per heavy atom. The number of rotatable bonds is 8. The van der Waals surface area contributed by atoms with Gasteiger partial charge in [-0.1, -0.05) is 13.8 Å². The number of fused-ring (bicyclic) bond motifs is 1. The summed E-state index contributed by atoms with van der Waals surface area (Å²) < 4.78 is 67.1. The predicted molar refractivity (Wildman–Crippen MR) is 132 cm³/mol. The number of sulfonamides is 1. The summed E-state index contributed by atoms with van der Waals surface area (Å²) in [6.07, 6.45) is 4.14. The molecule has 1 aromatic carbocycles. The van der Waals surface area contributed by atoms with Gasteiger partial charge < -0.3 is 13.9 Å². The van der Waals surface area contributed by atoms with Crippen LogP contribution in [0.2, 0.25) is 0 Å². The summed E-state index contributed by atoms with van der Waals surface area (Å²) in [5, 5.41) is 2.57. The van der Waals surface area contributed by atoms with Gasteiger partial charge in [0.25, 0.3) is 10.0 Å². The summed E-state index contributed by atoms with van der Waals surface area (Å²) >= 11 is 0. The van der Waals surface area contributed by atoms with Gasteiger partial charge in [-0.25, -0.2) is 32.0 Å². The number of pyridine rings is 2. The van der Waals surface area contributed by atoms with E-state index in [0.29, 0.717) is 22.8 Å². The topological polar surface area (TPSA) is 124 Å². The minimum Gasteiger partial charge on any atom is -0.480 e. The van der Waals surface area contributed by atoms with E-state index in [1.807, 2.05) is 13.8 Å². The zero-order valence-electron chi connectivity index (χ0n) is 20.0. The number of imidazole rings is 1. The summed E-state index contributed by atoms with van der Waals surface area (Å²) in [5.74, 6) is -1.72. The van der Waals surface area contributed by atoms with E-state index in [0.717, 1.165) is 12.1 Å². The van der Waals surface area contributed by atoms with Gasteiger partial charge >= 0.3 is 6.09 Å². The molecule has 0 atom stereocenters. The Morgan fingerprint density at radius 2 is 1.89 bits per heavy atom. The monoisotopic (exact) mass is 531 g/mol. The van der Waals surface area contributed by atoms with Gasteiger partial charge in [0, 0.05) is 29.6 Å².